The van der Waals surface area contributed by atoms with Gasteiger partial charge >= 0.3 is 0 Å². The Morgan fingerprint density at radius 2 is 1.85 bits per heavy atom. The van der Waals surface area contributed by atoms with Gasteiger partial charge in [0.15, 0.2) is 0 Å². The summed E-state index contributed by atoms with van der Waals surface area (Å²) in [6.07, 6.45) is 1.17. The summed E-state index contributed by atoms with van der Waals surface area (Å²) in [5.41, 5.74) is 0.186. The highest BCUT2D eigenvalue weighted by Crippen LogP contribution is 2.26. The highest BCUT2D eigenvalue weighted by Gasteiger charge is 2.36. The van der Waals surface area contributed by atoms with Crippen LogP contribution in [-0.4, -0.2) is 71.4 Å². The second-order valence-corrected chi connectivity index (χ2v) is 7.45. The number of aliphatic hydroxyl groups excluding tert-OH is 2. The van der Waals surface area contributed by atoms with Gasteiger partial charge in [-0.25, -0.2) is 8.78 Å². The van der Waals surface area contributed by atoms with E-state index in [0.717, 1.165) is 44.6 Å². The Kier molecular flexibility index (Phi) is 6.21. The quantitative estimate of drug-likeness (QED) is 0.815. The maximum absolute atomic E-state index is 13.8. The Morgan fingerprint density at radius 3 is 2.50 bits per heavy atom. The lowest BCUT2D eigenvalue weighted by molar-refractivity contribution is -0.129. The van der Waals surface area contributed by atoms with Gasteiger partial charge in [0.2, 0.25) is 5.91 Å². The van der Waals surface area contributed by atoms with Crippen molar-refractivity contribution in [3.8, 4) is 0 Å². The van der Waals surface area contributed by atoms with Crippen LogP contribution in [-0.2, 0) is 11.2 Å². The van der Waals surface area contributed by atoms with Crippen LogP contribution in [0.4, 0.5) is 8.78 Å². The zero-order valence-electron chi connectivity index (χ0n) is 14.8. The molecule has 0 bridgehead atoms. The first kappa shape index (κ1) is 19.2. The fourth-order valence-corrected chi connectivity index (χ4v) is 3.93. The van der Waals surface area contributed by atoms with Gasteiger partial charge in [-0.05, 0) is 30.4 Å². The van der Waals surface area contributed by atoms with Crippen LogP contribution in [0, 0.1) is 23.5 Å². The second-order valence-electron chi connectivity index (χ2n) is 7.45. The molecule has 1 amide bonds. The number of rotatable bonds is 5. The molecular weight excluding hydrogens is 342 g/mol. The third kappa shape index (κ3) is 4.58. The van der Waals surface area contributed by atoms with Gasteiger partial charge in [0.25, 0.3) is 0 Å². The van der Waals surface area contributed by atoms with Gasteiger partial charge in [-0.15, -0.1) is 0 Å². The average Bonchev–Trinajstić information content (AvgIpc) is 3.02. The summed E-state index contributed by atoms with van der Waals surface area (Å²) in [6.45, 7) is 3.43. The molecule has 2 N–H and O–H groups in total. The molecule has 2 aliphatic heterocycles. The Bertz CT molecular complexity index is 635. The normalized spacial score (nSPS) is 25.0. The fourth-order valence-electron chi connectivity index (χ4n) is 3.93. The number of nitrogens with zero attached hydrogens (tertiary/aromatic N) is 2. The summed E-state index contributed by atoms with van der Waals surface area (Å²) in [4.78, 5) is 16.5. The predicted octanol–water partition coefficient (Wildman–Crippen LogP) is 1.03. The van der Waals surface area contributed by atoms with E-state index in [0.29, 0.717) is 13.1 Å². The van der Waals surface area contributed by atoms with Gasteiger partial charge < -0.3 is 20.0 Å². The minimum Gasteiger partial charge on any atom is -0.396 e. The van der Waals surface area contributed by atoms with Crippen molar-refractivity contribution in [1.29, 1.82) is 0 Å². The number of carbonyl (C=O) groups is 1. The molecule has 7 heteroatoms. The molecule has 2 heterocycles. The van der Waals surface area contributed by atoms with E-state index in [1.807, 2.05) is 0 Å². The highest BCUT2D eigenvalue weighted by molar-refractivity contribution is 5.79. The van der Waals surface area contributed by atoms with Crippen LogP contribution in [0.3, 0.4) is 0 Å². The van der Waals surface area contributed by atoms with Crippen LogP contribution < -0.4 is 0 Å². The molecule has 2 fully saturated rings. The SMILES string of the molecule is O=C(Cc1ccc(F)cc1F)N1C[C@@H](CN2CCC(O)CC2)[C@@H](CO)C1. The summed E-state index contributed by atoms with van der Waals surface area (Å²) in [5, 5.41) is 19.3. The van der Waals surface area contributed by atoms with Crippen molar-refractivity contribution in [2.24, 2.45) is 11.8 Å². The van der Waals surface area contributed by atoms with Crippen molar-refractivity contribution in [3.05, 3.63) is 35.4 Å². The molecule has 2 aliphatic rings. The molecule has 1 aromatic rings. The molecule has 1 aromatic carbocycles. The van der Waals surface area contributed by atoms with Crippen LogP contribution in [0.1, 0.15) is 18.4 Å². The average molecular weight is 368 g/mol. The van der Waals surface area contributed by atoms with Gasteiger partial charge in [0.1, 0.15) is 11.6 Å². The molecule has 2 saturated heterocycles. The lowest BCUT2D eigenvalue weighted by atomic mass is 9.95. The van der Waals surface area contributed by atoms with Gasteiger partial charge in [-0.3, -0.25) is 4.79 Å². The summed E-state index contributed by atoms with van der Waals surface area (Å²) in [7, 11) is 0. The van der Waals surface area contributed by atoms with Gasteiger partial charge in [0.05, 0.1) is 12.5 Å². The van der Waals surface area contributed by atoms with E-state index in [1.165, 1.54) is 6.07 Å². The summed E-state index contributed by atoms with van der Waals surface area (Å²) >= 11 is 0. The first-order valence-electron chi connectivity index (χ1n) is 9.19. The number of benzene rings is 1. The third-order valence-electron chi connectivity index (χ3n) is 5.57. The monoisotopic (exact) mass is 368 g/mol. The van der Waals surface area contributed by atoms with Gasteiger partial charge in [0, 0.05) is 51.3 Å². The Hall–Kier alpha value is -1.57. The number of aliphatic hydroxyl groups is 2. The van der Waals surface area contributed by atoms with E-state index in [2.05, 4.69) is 4.90 Å². The maximum atomic E-state index is 13.8. The molecule has 144 valence electrons. The number of carbonyl (C=O) groups excluding carboxylic acids is 1. The van der Waals surface area contributed by atoms with E-state index in [1.54, 1.807) is 4.90 Å². The molecule has 0 unspecified atom stereocenters. The summed E-state index contributed by atoms with van der Waals surface area (Å²) in [5.74, 6) is -1.40. The second kappa shape index (κ2) is 8.41. The van der Waals surface area contributed by atoms with E-state index >= 15 is 0 Å². The molecular formula is C19H26F2N2O3. The highest BCUT2D eigenvalue weighted by atomic mass is 19.1. The maximum Gasteiger partial charge on any atom is 0.227 e. The topological polar surface area (TPSA) is 64.0 Å². The van der Waals surface area contributed by atoms with Crippen molar-refractivity contribution in [2.75, 3.05) is 39.3 Å². The number of hydrogen-bond acceptors (Lipinski definition) is 4. The van der Waals surface area contributed by atoms with Crippen LogP contribution in [0.2, 0.25) is 0 Å². The van der Waals surface area contributed by atoms with Crippen molar-refractivity contribution >= 4 is 5.91 Å². The van der Waals surface area contributed by atoms with Crippen LogP contribution in [0.25, 0.3) is 0 Å². The molecule has 3 rings (SSSR count). The molecule has 2 atom stereocenters. The van der Waals surface area contributed by atoms with E-state index in [4.69, 9.17) is 0 Å². The Balaban J connectivity index is 1.58. The van der Waals surface area contributed by atoms with Crippen molar-refractivity contribution in [1.82, 2.24) is 9.80 Å². The fraction of sp³-hybridized carbons (Fsp3) is 0.632. The number of piperidine rings is 1. The number of likely N-dealkylation sites (tertiary alicyclic amines) is 2. The van der Waals surface area contributed by atoms with Crippen LogP contribution in [0.5, 0.6) is 0 Å². The smallest absolute Gasteiger partial charge is 0.227 e. The minimum atomic E-state index is -0.709. The summed E-state index contributed by atoms with van der Waals surface area (Å²) in [6, 6.07) is 3.25. The van der Waals surface area contributed by atoms with E-state index in [9.17, 15) is 23.8 Å². The molecule has 0 aromatic heterocycles. The van der Waals surface area contributed by atoms with Crippen molar-refractivity contribution < 1.29 is 23.8 Å². The van der Waals surface area contributed by atoms with E-state index < -0.39 is 11.6 Å². The lowest BCUT2D eigenvalue weighted by Crippen LogP contribution is -2.41. The lowest BCUT2D eigenvalue weighted by Gasteiger charge is -2.32. The van der Waals surface area contributed by atoms with Crippen molar-refractivity contribution in [2.45, 2.75) is 25.4 Å². The largest absolute Gasteiger partial charge is 0.396 e. The molecule has 0 radical (unpaired) electrons. The number of hydrogen-bond donors (Lipinski definition) is 2. The standard InChI is InChI=1S/C19H26F2N2O3/c20-16-2-1-13(18(21)8-16)7-19(26)23-10-14(15(11-23)12-24)9-22-5-3-17(25)4-6-22/h1-2,8,14-15,17,24-25H,3-7,9-12H2/t14-,15-/m1/s1. The van der Waals surface area contributed by atoms with Gasteiger partial charge in [-0.1, -0.05) is 6.07 Å². The molecule has 0 aliphatic carbocycles. The zero-order valence-corrected chi connectivity index (χ0v) is 14.8. The molecule has 0 spiro atoms. The number of halogens is 2. The molecule has 5 nitrogen and oxygen atoms in total. The van der Waals surface area contributed by atoms with Crippen molar-refractivity contribution in [3.63, 3.8) is 0 Å². The number of amides is 1. The molecule has 26 heavy (non-hydrogen) atoms. The van der Waals surface area contributed by atoms with E-state index in [-0.39, 0.29) is 42.4 Å². The van der Waals surface area contributed by atoms with Crippen LogP contribution >= 0.6 is 0 Å². The Labute approximate surface area is 152 Å². The minimum absolute atomic E-state index is 0.00358. The third-order valence-corrected chi connectivity index (χ3v) is 5.57. The van der Waals surface area contributed by atoms with Crippen LogP contribution in [0.15, 0.2) is 18.2 Å². The zero-order chi connectivity index (χ0) is 18.7. The Morgan fingerprint density at radius 1 is 1.15 bits per heavy atom. The first-order valence-corrected chi connectivity index (χ1v) is 9.19. The molecule has 0 saturated carbocycles. The summed E-state index contributed by atoms with van der Waals surface area (Å²) < 4.78 is 26.8. The first-order chi connectivity index (χ1) is 12.5. The predicted molar refractivity (Wildman–Crippen MR) is 92.4 cm³/mol. The van der Waals surface area contributed by atoms with Gasteiger partial charge in [-0.2, -0.15) is 0 Å².